The summed E-state index contributed by atoms with van der Waals surface area (Å²) >= 11 is 0. The van der Waals surface area contributed by atoms with Crippen molar-refractivity contribution in [1.82, 2.24) is 0 Å². The molecule has 0 bridgehead atoms. The van der Waals surface area contributed by atoms with E-state index < -0.39 is 24.1 Å². The van der Waals surface area contributed by atoms with Crippen LogP contribution < -0.4 is 5.73 Å². The van der Waals surface area contributed by atoms with Crippen molar-refractivity contribution in [3.63, 3.8) is 0 Å². The van der Waals surface area contributed by atoms with Crippen LogP contribution in [0.5, 0.6) is 0 Å². The van der Waals surface area contributed by atoms with Crippen LogP contribution in [0.15, 0.2) is 0 Å². The molecule has 0 spiro atoms. The van der Waals surface area contributed by atoms with Gasteiger partial charge in [-0.3, -0.25) is 9.59 Å². The van der Waals surface area contributed by atoms with E-state index in [0.29, 0.717) is 11.0 Å². The number of quaternary nitrogens is 2. The summed E-state index contributed by atoms with van der Waals surface area (Å²) in [6.07, 6.45) is -1.87. The summed E-state index contributed by atoms with van der Waals surface area (Å²) in [6, 6.07) is 0. The number of hydrogen-bond donors (Lipinski definition) is 8. The average Bonchev–Trinajstić information content (AvgIpc) is 2.52. The molecule has 178 valence electrons. The molecule has 12 heteroatoms. The largest absolute Gasteiger partial charge is 0.481 e. The molecule has 0 radical (unpaired) electrons. The van der Waals surface area contributed by atoms with Gasteiger partial charge in [0.1, 0.15) is 25.3 Å². The van der Waals surface area contributed by atoms with E-state index in [-0.39, 0.29) is 32.8 Å². The predicted molar refractivity (Wildman–Crippen MR) is 108 cm³/mol. The second-order valence-electron chi connectivity index (χ2n) is 8.08. The monoisotopic (exact) mass is 433 g/mol. The first-order chi connectivity index (χ1) is 12.9. The Labute approximate surface area is 173 Å². The fourth-order valence-electron chi connectivity index (χ4n) is 1.26. The lowest BCUT2D eigenvalue weighted by Gasteiger charge is -2.25. The lowest BCUT2D eigenvalue weighted by molar-refractivity contribution is -0.873. The molecule has 0 aromatic carbocycles. The van der Waals surface area contributed by atoms with E-state index in [1.54, 1.807) is 0 Å². The molecule has 1 unspecified atom stereocenters. The maximum atomic E-state index is 10.1. The quantitative estimate of drug-likeness (QED) is 0.169. The topological polar surface area (TPSA) is 202 Å². The van der Waals surface area contributed by atoms with Gasteiger partial charge in [-0.1, -0.05) is 0 Å². The molecule has 9 N–H and O–H groups in total. The molecule has 0 aliphatic rings. The van der Waals surface area contributed by atoms with Gasteiger partial charge in [-0.15, -0.1) is 0 Å². The minimum Gasteiger partial charge on any atom is -0.481 e. The van der Waals surface area contributed by atoms with Crippen molar-refractivity contribution < 1.29 is 54.3 Å². The summed E-state index contributed by atoms with van der Waals surface area (Å²) < 4.78 is 1.42. The number of carboxylic acids is 2. The lowest BCUT2D eigenvalue weighted by atomic mass is 10.2. The molecule has 0 aliphatic carbocycles. The first kappa shape index (κ1) is 35.1. The Hall–Kier alpha value is -1.38. The molecule has 0 aromatic rings. The zero-order valence-corrected chi connectivity index (χ0v) is 18.5. The smallest absolute Gasteiger partial charge is 0.317 e. The van der Waals surface area contributed by atoms with Crippen molar-refractivity contribution in [1.29, 1.82) is 0 Å². The molecule has 0 amide bonds. The maximum absolute atomic E-state index is 10.1. The van der Waals surface area contributed by atoms with Gasteiger partial charge >= 0.3 is 11.9 Å². The standard InChI is InChI=1S/C7H15NO3.C5H14NO.C3H8O3.C2H5NO2/c1-8(2,3)5-6(9)4-7(10)11;1-6(2,3)4-5-7;4-1-3(6)2-5;3-1-2(4)5/h6,9H,4-5H2,1-3H3;7H,4-5H2,1-3H3;3-6H,1-2H2;1,3H2,(H,4,5)/q;+1;;/p+1. The number of nitrogens with two attached hydrogens (primary N) is 1. The van der Waals surface area contributed by atoms with Gasteiger partial charge in [-0.05, 0) is 0 Å². The van der Waals surface area contributed by atoms with Gasteiger partial charge < -0.3 is 50.4 Å². The molecule has 0 saturated carbocycles. The van der Waals surface area contributed by atoms with Crippen LogP contribution in [0.4, 0.5) is 0 Å². The first-order valence-electron chi connectivity index (χ1n) is 8.88. The van der Waals surface area contributed by atoms with E-state index in [9.17, 15) is 9.59 Å². The third kappa shape index (κ3) is 52.0. The third-order valence-corrected chi connectivity index (χ3v) is 2.54. The van der Waals surface area contributed by atoms with E-state index >= 15 is 0 Å². The number of rotatable bonds is 9. The highest BCUT2D eigenvalue weighted by Crippen LogP contribution is 1.98. The number of aliphatic hydroxyl groups excluding tert-OH is 5. The van der Waals surface area contributed by atoms with Crippen LogP contribution in [0.2, 0.25) is 0 Å². The minimum absolute atomic E-state index is 0.171. The van der Waals surface area contributed by atoms with Gasteiger partial charge in [0.25, 0.3) is 0 Å². The minimum atomic E-state index is -0.968. The highest BCUT2D eigenvalue weighted by Gasteiger charge is 2.17. The molecule has 12 nitrogen and oxygen atoms in total. The van der Waals surface area contributed by atoms with Gasteiger partial charge in [-0.2, -0.15) is 0 Å². The fourth-order valence-corrected chi connectivity index (χ4v) is 1.26. The summed E-state index contributed by atoms with van der Waals surface area (Å²) in [5, 5.41) is 57.5. The van der Waals surface area contributed by atoms with E-state index in [0.717, 1.165) is 11.0 Å². The van der Waals surface area contributed by atoms with Crippen LogP contribution in [0.25, 0.3) is 0 Å². The molecular weight excluding hydrogens is 390 g/mol. The van der Waals surface area contributed by atoms with E-state index in [1.165, 1.54) is 0 Å². The van der Waals surface area contributed by atoms with Crippen molar-refractivity contribution in [2.75, 3.05) is 81.7 Å². The van der Waals surface area contributed by atoms with Crippen LogP contribution in [0.3, 0.4) is 0 Å². The van der Waals surface area contributed by atoms with Crippen molar-refractivity contribution in [2.45, 2.75) is 18.6 Å². The second-order valence-corrected chi connectivity index (χ2v) is 8.08. The SMILES string of the molecule is C[N+](C)(C)CC(O)CC(=O)O.C[N+](C)(C)CCO.NCC(=O)O.OCC(O)CO. The molecular formula is C17H43N3O9+2. The number of nitrogens with zero attached hydrogens (tertiary/aromatic N) is 2. The summed E-state index contributed by atoms with van der Waals surface area (Å²) in [5.74, 6) is -1.92. The highest BCUT2D eigenvalue weighted by molar-refractivity contribution is 5.68. The average molecular weight is 434 g/mol. The molecule has 0 rings (SSSR count). The van der Waals surface area contributed by atoms with Crippen LogP contribution >= 0.6 is 0 Å². The van der Waals surface area contributed by atoms with E-state index in [4.69, 9.17) is 35.7 Å². The zero-order valence-electron chi connectivity index (χ0n) is 18.5. The molecule has 0 saturated heterocycles. The molecule has 0 aromatic heterocycles. The van der Waals surface area contributed by atoms with Crippen LogP contribution in [-0.4, -0.2) is 151 Å². The first-order valence-corrected chi connectivity index (χ1v) is 8.88. The Morgan fingerprint density at radius 2 is 1.17 bits per heavy atom. The number of aliphatic hydroxyl groups is 5. The van der Waals surface area contributed by atoms with Gasteiger partial charge in [0.2, 0.25) is 0 Å². The number of carboxylic acid groups (broad SMARTS) is 2. The Balaban J connectivity index is -0.000000152. The van der Waals surface area contributed by atoms with Gasteiger partial charge in [-0.25, -0.2) is 0 Å². The predicted octanol–water partition coefficient (Wildman–Crippen LogP) is -3.43. The fraction of sp³-hybridized carbons (Fsp3) is 0.882. The molecule has 0 heterocycles. The highest BCUT2D eigenvalue weighted by atomic mass is 16.4. The Morgan fingerprint density at radius 3 is 1.28 bits per heavy atom. The number of aliphatic carboxylic acids is 2. The van der Waals surface area contributed by atoms with E-state index in [2.05, 4.69) is 26.9 Å². The lowest BCUT2D eigenvalue weighted by Crippen LogP contribution is -2.42. The Kier molecular flexibility index (Phi) is 24.1. The number of carbonyl (C=O) groups is 2. The normalized spacial score (nSPS) is 11.8. The van der Waals surface area contributed by atoms with Crippen molar-refractivity contribution in [3.8, 4) is 0 Å². The van der Waals surface area contributed by atoms with E-state index in [1.807, 2.05) is 21.1 Å². The van der Waals surface area contributed by atoms with Crippen LogP contribution in [0, 0.1) is 0 Å². The summed E-state index contributed by atoms with van der Waals surface area (Å²) in [6.45, 7) is 0.572. The molecule has 0 aliphatic heterocycles. The summed E-state index contributed by atoms with van der Waals surface area (Å²) in [7, 11) is 11.9. The zero-order chi connectivity index (χ0) is 24.3. The van der Waals surface area contributed by atoms with Gasteiger partial charge in [0.05, 0.1) is 75.1 Å². The van der Waals surface area contributed by atoms with Gasteiger partial charge in [0.15, 0.2) is 0 Å². The van der Waals surface area contributed by atoms with Crippen LogP contribution in [-0.2, 0) is 9.59 Å². The Bertz CT molecular complexity index is 393. The second kappa shape index (κ2) is 19.9. The summed E-state index contributed by atoms with van der Waals surface area (Å²) in [4.78, 5) is 19.4. The van der Waals surface area contributed by atoms with Crippen molar-refractivity contribution in [3.05, 3.63) is 0 Å². The van der Waals surface area contributed by atoms with Crippen molar-refractivity contribution in [2.24, 2.45) is 5.73 Å². The maximum Gasteiger partial charge on any atom is 0.317 e. The van der Waals surface area contributed by atoms with Crippen LogP contribution in [0.1, 0.15) is 6.42 Å². The summed E-state index contributed by atoms with van der Waals surface area (Å²) in [5.41, 5.74) is 4.57. The number of hydrogen-bond acceptors (Lipinski definition) is 8. The Morgan fingerprint density at radius 1 is 0.793 bits per heavy atom. The molecule has 0 fully saturated rings. The van der Waals surface area contributed by atoms with Crippen molar-refractivity contribution >= 4 is 11.9 Å². The molecule has 1 atom stereocenters. The molecule has 29 heavy (non-hydrogen) atoms. The number of likely N-dealkylation sites (N-methyl/N-ethyl adjacent to an activating group) is 2. The third-order valence-electron chi connectivity index (χ3n) is 2.54. The van der Waals surface area contributed by atoms with Gasteiger partial charge in [0, 0.05) is 0 Å².